The number of hydrogen-bond acceptors (Lipinski definition) is 3. The number of likely N-dealkylation sites (tertiary alicyclic amines) is 2. The molecule has 0 radical (unpaired) electrons. The average Bonchev–Trinajstić information content (AvgIpc) is 3.34. The molecular formula is C21H24FN3O. The maximum atomic E-state index is 14.7. The van der Waals surface area contributed by atoms with Gasteiger partial charge in [0.15, 0.2) is 0 Å². The highest BCUT2D eigenvalue weighted by atomic mass is 19.1. The Bertz CT molecular complexity index is 774. The van der Waals surface area contributed by atoms with Crippen molar-refractivity contribution in [2.24, 2.45) is 0 Å². The quantitative estimate of drug-likeness (QED) is 0.843. The monoisotopic (exact) mass is 353 g/mol. The number of carbonyl (C=O) groups is 1. The van der Waals surface area contributed by atoms with Crippen LogP contribution in [-0.4, -0.2) is 52.9 Å². The molecule has 0 spiro atoms. The van der Waals surface area contributed by atoms with Gasteiger partial charge in [-0.25, -0.2) is 4.39 Å². The highest BCUT2D eigenvalue weighted by molar-refractivity contribution is 5.95. The van der Waals surface area contributed by atoms with E-state index in [1.165, 1.54) is 18.9 Å². The Morgan fingerprint density at radius 2 is 1.81 bits per heavy atom. The molecule has 1 amide bonds. The van der Waals surface area contributed by atoms with Gasteiger partial charge in [-0.2, -0.15) is 0 Å². The molecule has 2 fully saturated rings. The summed E-state index contributed by atoms with van der Waals surface area (Å²) in [4.78, 5) is 21.2. The highest BCUT2D eigenvalue weighted by Crippen LogP contribution is 2.26. The number of hydrogen-bond donors (Lipinski definition) is 0. The lowest BCUT2D eigenvalue weighted by Crippen LogP contribution is -2.42. The van der Waals surface area contributed by atoms with Crippen molar-refractivity contribution in [2.75, 3.05) is 26.2 Å². The summed E-state index contributed by atoms with van der Waals surface area (Å²) in [6, 6.07) is 8.77. The number of amides is 1. The fraction of sp³-hybridized carbons (Fsp3) is 0.429. The Morgan fingerprint density at radius 3 is 2.54 bits per heavy atom. The minimum atomic E-state index is -0.448. The molecule has 0 bridgehead atoms. The van der Waals surface area contributed by atoms with E-state index >= 15 is 0 Å². The first-order valence-electron chi connectivity index (χ1n) is 9.45. The summed E-state index contributed by atoms with van der Waals surface area (Å²) in [6.45, 7) is 3.88. The Balaban J connectivity index is 1.52. The van der Waals surface area contributed by atoms with Gasteiger partial charge in [-0.1, -0.05) is 6.07 Å². The van der Waals surface area contributed by atoms with Gasteiger partial charge in [0.05, 0.1) is 5.56 Å². The van der Waals surface area contributed by atoms with Crippen LogP contribution in [0.5, 0.6) is 0 Å². The molecule has 1 atom stereocenters. The molecule has 4 rings (SSSR count). The standard InChI is InChI=1S/C21H24FN3O/c22-20-14-17(16-7-9-23-10-8-16)5-6-19(20)21(26)25-13-3-4-18(25)15-24-11-1-2-12-24/h5-10,14,18H,1-4,11-13,15H2. The molecule has 2 aliphatic rings. The summed E-state index contributed by atoms with van der Waals surface area (Å²) < 4.78 is 14.7. The zero-order valence-electron chi connectivity index (χ0n) is 14.9. The van der Waals surface area contributed by atoms with E-state index in [0.717, 1.165) is 50.1 Å². The molecule has 1 aromatic heterocycles. The lowest BCUT2D eigenvalue weighted by molar-refractivity contribution is 0.0704. The molecule has 4 nitrogen and oxygen atoms in total. The first-order chi connectivity index (χ1) is 12.7. The van der Waals surface area contributed by atoms with Crippen LogP contribution in [-0.2, 0) is 0 Å². The van der Waals surface area contributed by atoms with Gasteiger partial charge < -0.3 is 9.80 Å². The van der Waals surface area contributed by atoms with E-state index in [2.05, 4.69) is 9.88 Å². The maximum Gasteiger partial charge on any atom is 0.257 e. The number of nitrogens with zero attached hydrogens (tertiary/aromatic N) is 3. The predicted molar refractivity (Wildman–Crippen MR) is 99.4 cm³/mol. The fourth-order valence-electron chi connectivity index (χ4n) is 4.12. The fourth-order valence-corrected chi connectivity index (χ4v) is 4.12. The Labute approximate surface area is 153 Å². The summed E-state index contributed by atoms with van der Waals surface area (Å²) in [7, 11) is 0. The number of pyridine rings is 1. The molecule has 2 aromatic rings. The maximum absolute atomic E-state index is 14.7. The SMILES string of the molecule is O=C(c1ccc(-c2ccncc2)cc1F)N1CCCC1CN1CCCC1. The number of halogens is 1. The Morgan fingerprint density at radius 1 is 1.04 bits per heavy atom. The van der Waals surface area contributed by atoms with Crippen LogP contribution >= 0.6 is 0 Å². The van der Waals surface area contributed by atoms with Gasteiger partial charge in [-0.3, -0.25) is 9.78 Å². The largest absolute Gasteiger partial charge is 0.334 e. The normalized spacial score (nSPS) is 20.7. The predicted octanol–water partition coefficient (Wildman–Crippen LogP) is 3.59. The average molecular weight is 353 g/mol. The van der Waals surface area contributed by atoms with Crippen LogP contribution in [0.25, 0.3) is 11.1 Å². The first kappa shape index (κ1) is 17.2. The van der Waals surface area contributed by atoms with Gasteiger partial charge in [0, 0.05) is 31.5 Å². The third-order valence-corrected chi connectivity index (χ3v) is 5.52. The molecule has 1 unspecified atom stereocenters. The number of aromatic nitrogens is 1. The van der Waals surface area contributed by atoms with Crippen LogP contribution in [0, 0.1) is 5.82 Å². The number of benzene rings is 1. The van der Waals surface area contributed by atoms with Crippen LogP contribution in [0.2, 0.25) is 0 Å². The molecule has 2 saturated heterocycles. The second-order valence-electron chi connectivity index (χ2n) is 7.23. The van der Waals surface area contributed by atoms with E-state index in [1.807, 2.05) is 23.1 Å². The van der Waals surface area contributed by atoms with E-state index in [9.17, 15) is 9.18 Å². The van der Waals surface area contributed by atoms with Crippen molar-refractivity contribution in [1.82, 2.24) is 14.8 Å². The van der Waals surface area contributed by atoms with Crippen LogP contribution < -0.4 is 0 Å². The second-order valence-corrected chi connectivity index (χ2v) is 7.23. The third kappa shape index (κ3) is 3.49. The van der Waals surface area contributed by atoms with E-state index < -0.39 is 5.82 Å². The van der Waals surface area contributed by atoms with Gasteiger partial charge in [0.25, 0.3) is 5.91 Å². The molecule has 136 valence electrons. The van der Waals surface area contributed by atoms with Crippen molar-refractivity contribution in [2.45, 2.75) is 31.7 Å². The Kier molecular flexibility index (Phi) is 4.98. The first-order valence-corrected chi connectivity index (χ1v) is 9.45. The molecule has 0 N–H and O–H groups in total. The molecule has 26 heavy (non-hydrogen) atoms. The van der Waals surface area contributed by atoms with Gasteiger partial charge in [-0.05, 0) is 74.2 Å². The summed E-state index contributed by atoms with van der Waals surface area (Å²) >= 11 is 0. The van der Waals surface area contributed by atoms with Crippen molar-refractivity contribution < 1.29 is 9.18 Å². The van der Waals surface area contributed by atoms with Crippen molar-refractivity contribution in [3.63, 3.8) is 0 Å². The van der Waals surface area contributed by atoms with Crippen LogP contribution in [0.4, 0.5) is 4.39 Å². The van der Waals surface area contributed by atoms with Gasteiger partial charge >= 0.3 is 0 Å². The summed E-state index contributed by atoms with van der Waals surface area (Å²) in [5.41, 5.74) is 1.83. The van der Waals surface area contributed by atoms with Gasteiger partial charge in [-0.15, -0.1) is 0 Å². The van der Waals surface area contributed by atoms with E-state index in [0.29, 0.717) is 0 Å². The highest BCUT2D eigenvalue weighted by Gasteiger charge is 2.32. The van der Waals surface area contributed by atoms with Crippen molar-refractivity contribution in [3.05, 3.63) is 54.1 Å². The zero-order valence-corrected chi connectivity index (χ0v) is 14.9. The second kappa shape index (κ2) is 7.54. The summed E-state index contributed by atoms with van der Waals surface area (Å²) in [5, 5.41) is 0. The van der Waals surface area contributed by atoms with Crippen LogP contribution in [0.3, 0.4) is 0 Å². The van der Waals surface area contributed by atoms with E-state index in [-0.39, 0.29) is 17.5 Å². The summed E-state index contributed by atoms with van der Waals surface area (Å²) in [5.74, 6) is -0.624. The number of carbonyl (C=O) groups excluding carboxylic acids is 1. The molecule has 0 saturated carbocycles. The molecule has 1 aromatic carbocycles. The smallest absolute Gasteiger partial charge is 0.257 e. The van der Waals surface area contributed by atoms with Gasteiger partial charge in [0.2, 0.25) is 0 Å². The summed E-state index contributed by atoms with van der Waals surface area (Å²) in [6.07, 6.45) is 7.86. The molecule has 2 aliphatic heterocycles. The lowest BCUT2D eigenvalue weighted by atomic mass is 10.0. The minimum Gasteiger partial charge on any atom is -0.334 e. The van der Waals surface area contributed by atoms with Crippen LogP contribution in [0.15, 0.2) is 42.7 Å². The molecular weight excluding hydrogens is 329 g/mol. The Hall–Kier alpha value is -2.27. The zero-order chi connectivity index (χ0) is 17.9. The molecule has 3 heterocycles. The topological polar surface area (TPSA) is 36.4 Å². The van der Waals surface area contributed by atoms with Crippen molar-refractivity contribution in [1.29, 1.82) is 0 Å². The van der Waals surface area contributed by atoms with Crippen LogP contribution in [0.1, 0.15) is 36.0 Å². The molecule has 5 heteroatoms. The van der Waals surface area contributed by atoms with Gasteiger partial charge in [0.1, 0.15) is 5.82 Å². The minimum absolute atomic E-state index is 0.175. The molecule has 0 aliphatic carbocycles. The van der Waals surface area contributed by atoms with Crippen molar-refractivity contribution in [3.8, 4) is 11.1 Å². The van der Waals surface area contributed by atoms with E-state index in [1.54, 1.807) is 18.5 Å². The lowest BCUT2D eigenvalue weighted by Gasteiger charge is -2.28. The van der Waals surface area contributed by atoms with Crippen molar-refractivity contribution >= 4 is 5.91 Å². The van der Waals surface area contributed by atoms with E-state index in [4.69, 9.17) is 0 Å². The third-order valence-electron chi connectivity index (χ3n) is 5.52. The number of rotatable bonds is 4.